The number of carboxylic acid groups (broad SMARTS) is 1. The van der Waals surface area contributed by atoms with Crippen LogP contribution in [0.15, 0.2) is 47.6 Å². The molecule has 2 fully saturated rings. The first-order valence-corrected chi connectivity index (χ1v) is 8.28. The maximum atomic E-state index is 10.6. The topological polar surface area (TPSA) is 49.8 Å². The van der Waals surface area contributed by atoms with Gasteiger partial charge in [0.2, 0.25) is 0 Å². The Bertz CT molecular complexity index is 606. The van der Waals surface area contributed by atoms with Gasteiger partial charge in [-0.2, -0.15) is 0 Å². The summed E-state index contributed by atoms with van der Waals surface area (Å²) in [6.07, 6.45) is 14.8. The Morgan fingerprint density at radius 2 is 1.78 bits per heavy atom. The summed E-state index contributed by atoms with van der Waals surface area (Å²) in [5, 5.41) is 8.68. The van der Waals surface area contributed by atoms with Gasteiger partial charge in [-0.05, 0) is 51.7 Å². The Kier molecular flexibility index (Phi) is 4.72. The van der Waals surface area contributed by atoms with Crippen molar-refractivity contribution in [3.05, 3.63) is 47.6 Å². The molecule has 1 saturated carbocycles. The summed E-state index contributed by atoms with van der Waals surface area (Å²) >= 11 is 0. The van der Waals surface area contributed by atoms with Crippen LogP contribution in [0.5, 0.6) is 0 Å². The van der Waals surface area contributed by atoms with Gasteiger partial charge in [-0.3, -0.25) is 0 Å². The van der Waals surface area contributed by atoms with Crippen molar-refractivity contribution in [1.29, 1.82) is 0 Å². The highest BCUT2D eigenvalue weighted by molar-refractivity contribution is 5.81. The van der Waals surface area contributed by atoms with E-state index in [2.05, 4.69) is 32.9 Å². The van der Waals surface area contributed by atoms with Crippen molar-refractivity contribution in [3.8, 4) is 0 Å². The van der Waals surface area contributed by atoms with E-state index in [-0.39, 0.29) is 16.6 Å². The lowest BCUT2D eigenvalue weighted by Crippen LogP contribution is -2.41. The predicted octanol–water partition coefficient (Wildman–Crippen LogP) is 4.81. The number of hydrogen-bond donors (Lipinski definition) is 1. The molecule has 3 nitrogen and oxygen atoms in total. The highest BCUT2D eigenvalue weighted by Gasteiger charge is 2.73. The molecule has 1 N–H and O–H groups in total. The first kappa shape index (κ1) is 17.7. The van der Waals surface area contributed by atoms with E-state index in [9.17, 15) is 4.79 Å². The van der Waals surface area contributed by atoms with Crippen LogP contribution < -0.4 is 0 Å². The number of hydrogen-bond acceptors (Lipinski definition) is 2. The van der Waals surface area contributed by atoms with E-state index in [1.54, 1.807) is 13.0 Å². The minimum absolute atomic E-state index is 0.0117. The Morgan fingerprint density at radius 3 is 2.39 bits per heavy atom. The summed E-state index contributed by atoms with van der Waals surface area (Å²) in [5.74, 6) is -0.920. The maximum absolute atomic E-state index is 10.6. The zero-order valence-corrected chi connectivity index (χ0v) is 14.8. The summed E-state index contributed by atoms with van der Waals surface area (Å²) in [4.78, 5) is 10.6. The third-order valence-electron chi connectivity index (χ3n) is 5.24. The van der Waals surface area contributed by atoms with Crippen LogP contribution in [0.25, 0.3) is 0 Å². The normalized spacial score (nSPS) is 34.0. The zero-order valence-electron chi connectivity index (χ0n) is 14.8. The van der Waals surface area contributed by atoms with E-state index in [0.717, 1.165) is 17.6 Å². The van der Waals surface area contributed by atoms with Gasteiger partial charge in [-0.15, -0.1) is 0 Å². The van der Waals surface area contributed by atoms with Gasteiger partial charge in [-0.1, -0.05) is 43.7 Å². The molecule has 2 aliphatic rings. The van der Waals surface area contributed by atoms with E-state index in [4.69, 9.17) is 9.84 Å². The number of carboxylic acids is 1. The molecule has 1 saturated heterocycles. The lowest BCUT2D eigenvalue weighted by Gasteiger charge is -2.36. The van der Waals surface area contributed by atoms with Gasteiger partial charge in [0.1, 0.15) is 5.60 Å². The van der Waals surface area contributed by atoms with Gasteiger partial charge < -0.3 is 9.84 Å². The second-order valence-corrected chi connectivity index (χ2v) is 7.64. The van der Waals surface area contributed by atoms with E-state index in [1.807, 2.05) is 19.1 Å². The van der Waals surface area contributed by atoms with Crippen molar-refractivity contribution in [2.24, 2.45) is 5.41 Å². The summed E-state index contributed by atoms with van der Waals surface area (Å²) in [7, 11) is 0. The quantitative estimate of drug-likeness (QED) is 0.450. The second kappa shape index (κ2) is 6.12. The molecule has 0 amide bonds. The molecule has 0 radical (unpaired) electrons. The molecule has 126 valence electrons. The molecule has 2 atom stereocenters. The molecular formula is C20H28O3. The average Bonchev–Trinajstić information content (AvgIpc) is 3.03. The third kappa shape index (κ3) is 3.50. The number of allylic oxidation sites excluding steroid dienone is 6. The van der Waals surface area contributed by atoms with Crippen LogP contribution in [0.2, 0.25) is 0 Å². The maximum Gasteiger partial charge on any atom is 0.328 e. The smallest absolute Gasteiger partial charge is 0.328 e. The van der Waals surface area contributed by atoms with Gasteiger partial charge in [0.15, 0.2) is 0 Å². The van der Waals surface area contributed by atoms with Crippen LogP contribution in [0.4, 0.5) is 0 Å². The lowest BCUT2D eigenvalue weighted by molar-refractivity contribution is -0.131. The van der Waals surface area contributed by atoms with Crippen molar-refractivity contribution in [2.45, 2.75) is 65.1 Å². The number of aliphatic carboxylic acids is 1. The number of carbonyl (C=O) groups is 1. The number of ether oxygens (including phenoxy) is 1. The van der Waals surface area contributed by atoms with Crippen molar-refractivity contribution in [3.63, 3.8) is 0 Å². The minimum atomic E-state index is -0.920. The van der Waals surface area contributed by atoms with Gasteiger partial charge >= 0.3 is 5.97 Å². The Morgan fingerprint density at radius 1 is 1.09 bits per heavy atom. The molecular weight excluding hydrogens is 288 g/mol. The van der Waals surface area contributed by atoms with Crippen LogP contribution in [0, 0.1) is 5.41 Å². The van der Waals surface area contributed by atoms with Crippen molar-refractivity contribution >= 4 is 5.97 Å². The van der Waals surface area contributed by atoms with Crippen LogP contribution in [-0.4, -0.2) is 22.3 Å². The monoisotopic (exact) mass is 316 g/mol. The second-order valence-electron chi connectivity index (χ2n) is 7.64. The SMILES string of the molecule is CC(/C=C/[C@@]12O[C@]1(C)CCCC2(C)C)=C\C=C\C(C)=C\C(=O)O. The molecule has 1 heterocycles. The van der Waals surface area contributed by atoms with Crippen LogP contribution in [-0.2, 0) is 9.53 Å². The zero-order chi connectivity index (χ0) is 17.3. The number of epoxide rings is 1. The molecule has 1 aliphatic carbocycles. The van der Waals surface area contributed by atoms with Crippen molar-refractivity contribution < 1.29 is 14.6 Å². The predicted molar refractivity (Wildman–Crippen MR) is 93.3 cm³/mol. The molecule has 0 aromatic heterocycles. The van der Waals surface area contributed by atoms with Gasteiger partial charge in [0, 0.05) is 11.5 Å². The number of rotatable bonds is 5. The third-order valence-corrected chi connectivity index (χ3v) is 5.24. The van der Waals surface area contributed by atoms with Crippen LogP contribution >= 0.6 is 0 Å². The first-order valence-electron chi connectivity index (χ1n) is 8.28. The molecule has 23 heavy (non-hydrogen) atoms. The molecule has 2 rings (SSSR count). The fraction of sp³-hybridized carbons (Fsp3) is 0.550. The highest BCUT2D eigenvalue weighted by Crippen LogP contribution is 2.66. The van der Waals surface area contributed by atoms with E-state index in [1.165, 1.54) is 18.9 Å². The molecule has 0 aromatic rings. The fourth-order valence-electron chi connectivity index (χ4n) is 3.81. The molecule has 0 bridgehead atoms. The van der Waals surface area contributed by atoms with E-state index >= 15 is 0 Å². The Hall–Kier alpha value is -1.61. The molecule has 0 unspecified atom stereocenters. The fourth-order valence-corrected chi connectivity index (χ4v) is 3.81. The molecule has 3 heteroatoms. The molecule has 0 spiro atoms. The Balaban J connectivity index is 2.07. The van der Waals surface area contributed by atoms with Crippen LogP contribution in [0.3, 0.4) is 0 Å². The standard InChI is InChI=1S/C20H28O3/c1-15(8-6-9-16(2)14-17(21)22)10-13-20-18(3,4)11-7-12-19(20,5)23-20/h6,8-10,13-14H,7,11-12H2,1-5H3,(H,21,22)/b9-6+,13-10+,15-8+,16-14+/t19-,20+/m1/s1. The largest absolute Gasteiger partial charge is 0.478 e. The van der Waals surface area contributed by atoms with Crippen LogP contribution in [0.1, 0.15) is 53.9 Å². The molecule has 1 aliphatic heterocycles. The number of fused-ring (bicyclic) bond motifs is 1. The highest BCUT2D eigenvalue weighted by atomic mass is 16.6. The van der Waals surface area contributed by atoms with Crippen molar-refractivity contribution in [2.75, 3.05) is 0 Å². The van der Waals surface area contributed by atoms with Crippen molar-refractivity contribution in [1.82, 2.24) is 0 Å². The van der Waals surface area contributed by atoms with Gasteiger partial charge in [0.05, 0.1) is 5.60 Å². The Labute approximate surface area is 139 Å². The molecule has 0 aromatic carbocycles. The van der Waals surface area contributed by atoms with Gasteiger partial charge in [-0.25, -0.2) is 4.79 Å². The first-order chi connectivity index (χ1) is 10.6. The summed E-state index contributed by atoms with van der Waals surface area (Å²) in [6.45, 7) is 10.6. The average molecular weight is 316 g/mol. The minimum Gasteiger partial charge on any atom is -0.478 e. The van der Waals surface area contributed by atoms with E-state index in [0.29, 0.717) is 0 Å². The summed E-state index contributed by atoms with van der Waals surface area (Å²) in [6, 6.07) is 0. The van der Waals surface area contributed by atoms with E-state index < -0.39 is 5.97 Å². The van der Waals surface area contributed by atoms with Gasteiger partial charge in [0.25, 0.3) is 0 Å². The summed E-state index contributed by atoms with van der Waals surface area (Å²) in [5.41, 5.74) is 1.85. The summed E-state index contributed by atoms with van der Waals surface area (Å²) < 4.78 is 6.20. The lowest BCUT2D eigenvalue weighted by atomic mass is 9.64.